The Balaban J connectivity index is 1.50. The Morgan fingerprint density at radius 1 is 1.22 bits per heavy atom. The molecule has 0 bridgehead atoms. The zero-order valence-corrected chi connectivity index (χ0v) is 20.4. The van der Waals surface area contributed by atoms with Gasteiger partial charge >= 0.3 is 0 Å². The number of carbonyl (C=O) groups is 1. The van der Waals surface area contributed by atoms with E-state index in [-0.39, 0.29) is 11.4 Å². The van der Waals surface area contributed by atoms with Gasteiger partial charge in [0, 0.05) is 27.9 Å². The highest BCUT2D eigenvalue weighted by molar-refractivity contribution is 7.18. The fourth-order valence-corrected chi connectivity index (χ4v) is 6.23. The molecule has 0 saturated carbocycles. The number of rotatable bonds is 5. The lowest BCUT2D eigenvalue weighted by Gasteiger charge is -2.11. The van der Waals surface area contributed by atoms with Crippen molar-refractivity contribution in [1.29, 1.82) is 5.26 Å². The second-order valence-corrected chi connectivity index (χ2v) is 9.97. The number of thiophene rings is 1. The number of H-pyrrole nitrogens is 1. The van der Waals surface area contributed by atoms with Crippen LogP contribution in [0.5, 0.6) is 0 Å². The van der Waals surface area contributed by atoms with Gasteiger partial charge in [-0.15, -0.1) is 11.3 Å². The van der Waals surface area contributed by atoms with E-state index in [1.807, 2.05) is 37.3 Å². The Bertz CT molecular complexity index is 1740. The molecule has 9 heteroatoms. The third-order valence-electron chi connectivity index (χ3n) is 6.75. The number of aryl methyl sites for hydroxylation is 3. The fourth-order valence-electron chi connectivity index (χ4n) is 4.96. The standard InChI is InChI=1S/C27H22N6O2S/c1-2-33-25-19(14-29-33)17(12-20(30-25)15-8-4-3-5-9-15)23(34)18(13-28)24-31-26(35)22-16-10-6-7-11-21(16)36-27(22)32-24/h3-5,8-9,12,14,18H,2,6-7,10-11H2,1H3,(H,31,32,35). The van der Waals surface area contributed by atoms with Crippen LogP contribution in [0.3, 0.4) is 0 Å². The van der Waals surface area contributed by atoms with Gasteiger partial charge in [0.25, 0.3) is 5.56 Å². The van der Waals surface area contributed by atoms with E-state index in [0.29, 0.717) is 39.1 Å². The Hall–Kier alpha value is -4.16. The van der Waals surface area contributed by atoms with Crippen LogP contribution in [0.4, 0.5) is 0 Å². The summed E-state index contributed by atoms with van der Waals surface area (Å²) >= 11 is 1.50. The van der Waals surface area contributed by atoms with E-state index < -0.39 is 11.7 Å². The van der Waals surface area contributed by atoms with E-state index in [2.05, 4.69) is 21.1 Å². The molecule has 8 nitrogen and oxygen atoms in total. The van der Waals surface area contributed by atoms with Gasteiger partial charge in [-0.3, -0.25) is 9.59 Å². The number of benzene rings is 1. The first-order valence-electron chi connectivity index (χ1n) is 12.0. The van der Waals surface area contributed by atoms with Gasteiger partial charge in [0.05, 0.1) is 23.3 Å². The van der Waals surface area contributed by atoms with Crippen molar-refractivity contribution in [2.75, 3.05) is 0 Å². The van der Waals surface area contributed by atoms with Crippen LogP contribution in [0, 0.1) is 11.3 Å². The van der Waals surface area contributed by atoms with Gasteiger partial charge in [-0.1, -0.05) is 30.3 Å². The Kier molecular flexibility index (Phi) is 5.46. The molecule has 0 saturated heterocycles. The quantitative estimate of drug-likeness (QED) is 0.351. The van der Waals surface area contributed by atoms with Crippen molar-refractivity contribution >= 4 is 38.4 Å². The summed E-state index contributed by atoms with van der Waals surface area (Å²) in [5, 5.41) is 15.6. The smallest absolute Gasteiger partial charge is 0.259 e. The van der Waals surface area contributed by atoms with Crippen molar-refractivity contribution in [3.8, 4) is 17.3 Å². The third kappa shape index (κ3) is 3.53. The number of pyridine rings is 1. The molecule has 178 valence electrons. The van der Waals surface area contributed by atoms with Crippen molar-refractivity contribution in [1.82, 2.24) is 24.7 Å². The first-order valence-corrected chi connectivity index (χ1v) is 12.8. The molecule has 0 radical (unpaired) electrons. The number of Topliss-reactive ketones (excluding diaryl/α,β-unsaturated/α-hetero) is 1. The van der Waals surface area contributed by atoms with Gasteiger partial charge in [-0.2, -0.15) is 10.4 Å². The molecule has 1 N–H and O–H groups in total. The van der Waals surface area contributed by atoms with Crippen molar-refractivity contribution in [3.05, 3.63) is 74.8 Å². The van der Waals surface area contributed by atoms with E-state index in [0.717, 1.165) is 36.8 Å². The summed E-state index contributed by atoms with van der Waals surface area (Å²) in [6.07, 6.45) is 5.54. The zero-order valence-electron chi connectivity index (χ0n) is 19.6. The fraction of sp³-hybridized carbons (Fsp3) is 0.259. The molecule has 1 aromatic carbocycles. The lowest BCUT2D eigenvalue weighted by molar-refractivity contribution is 0.0978. The molecule has 6 rings (SSSR count). The highest BCUT2D eigenvalue weighted by atomic mass is 32.1. The number of nitrogens with one attached hydrogen (secondary N) is 1. The van der Waals surface area contributed by atoms with E-state index in [1.54, 1.807) is 16.9 Å². The van der Waals surface area contributed by atoms with Crippen LogP contribution in [0.15, 0.2) is 47.4 Å². The molecule has 4 aromatic heterocycles. The molecule has 0 amide bonds. The highest BCUT2D eigenvalue weighted by Crippen LogP contribution is 2.34. The van der Waals surface area contributed by atoms with Gasteiger partial charge in [0.15, 0.2) is 17.3 Å². The van der Waals surface area contributed by atoms with Crippen LogP contribution in [-0.2, 0) is 19.4 Å². The number of nitrogens with zero attached hydrogens (tertiary/aromatic N) is 5. The zero-order chi connectivity index (χ0) is 24.8. The predicted octanol–water partition coefficient (Wildman–Crippen LogP) is 4.79. The second-order valence-electron chi connectivity index (χ2n) is 8.89. The average molecular weight is 495 g/mol. The highest BCUT2D eigenvalue weighted by Gasteiger charge is 2.29. The summed E-state index contributed by atoms with van der Waals surface area (Å²) in [6.45, 7) is 2.53. The summed E-state index contributed by atoms with van der Waals surface area (Å²) in [4.78, 5) is 40.9. The Labute approximate surface area is 210 Å². The number of carbonyl (C=O) groups excluding carboxylic acids is 1. The van der Waals surface area contributed by atoms with E-state index in [9.17, 15) is 14.9 Å². The summed E-state index contributed by atoms with van der Waals surface area (Å²) < 4.78 is 1.72. The molecule has 0 fully saturated rings. The largest absolute Gasteiger partial charge is 0.308 e. The SMILES string of the molecule is CCn1ncc2c(C(=O)C(C#N)c3nc4sc5c(c4c(=O)[nH]3)CCCC5)cc(-c3ccccc3)nc21. The van der Waals surface area contributed by atoms with Crippen LogP contribution < -0.4 is 5.56 Å². The van der Waals surface area contributed by atoms with Crippen LogP contribution in [-0.4, -0.2) is 30.5 Å². The molecule has 36 heavy (non-hydrogen) atoms. The van der Waals surface area contributed by atoms with Crippen molar-refractivity contribution < 1.29 is 4.79 Å². The molecule has 0 aliphatic heterocycles. The number of aromatic amines is 1. The van der Waals surface area contributed by atoms with Crippen LogP contribution in [0.1, 0.15) is 52.3 Å². The molecular formula is C27H22N6O2S. The number of hydrogen-bond acceptors (Lipinski definition) is 7. The van der Waals surface area contributed by atoms with Crippen LogP contribution in [0.25, 0.3) is 32.5 Å². The molecule has 0 spiro atoms. The number of fused-ring (bicyclic) bond motifs is 4. The summed E-state index contributed by atoms with van der Waals surface area (Å²) in [5.41, 5.74) is 3.15. The van der Waals surface area contributed by atoms with Crippen LogP contribution in [0.2, 0.25) is 0 Å². The third-order valence-corrected chi connectivity index (χ3v) is 7.94. The summed E-state index contributed by atoms with van der Waals surface area (Å²) in [7, 11) is 0. The molecule has 1 atom stereocenters. The number of ketones is 1. The first-order chi connectivity index (χ1) is 17.6. The number of hydrogen-bond donors (Lipinski definition) is 1. The number of aromatic nitrogens is 5. The normalized spacial score (nSPS) is 14.0. The maximum atomic E-state index is 13.9. The number of nitriles is 1. The van der Waals surface area contributed by atoms with Gasteiger partial charge < -0.3 is 4.98 Å². The second kappa shape index (κ2) is 8.81. The van der Waals surface area contributed by atoms with Crippen molar-refractivity contribution in [2.45, 2.75) is 45.1 Å². The molecule has 1 aliphatic carbocycles. The van der Waals surface area contributed by atoms with Gasteiger partial charge in [-0.25, -0.2) is 14.6 Å². The Morgan fingerprint density at radius 2 is 2.03 bits per heavy atom. The summed E-state index contributed by atoms with van der Waals surface area (Å²) in [5.74, 6) is -1.63. The summed E-state index contributed by atoms with van der Waals surface area (Å²) in [6, 6.07) is 13.4. The lowest BCUT2D eigenvalue weighted by atomic mass is 9.94. The topological polar surface area (TPSA) is 117 Å². The molecule has 4 heterocycles. The Morgan fingerprint density at radius 3 is 2.81 bits per heavy atom. The van der Waals surface area contributed by atoms with Gasteiger partial charge in [-0.05, 0) is 44.2 Å². The van der Waals surface area contributed by atoms with Crippen molar-refractivity contribution in [2.24, 2.45) is 0 Å². The maximum absolute atomic E-state index is 13.9. The molecule has 5 aromatic rings. The van der Waals surface area contributed by atoms with E-state index in [4.69, 9.17) is 4.98 Å². The first kappa shape index (κ1) is 22.3. The minimum Gasteiger partial charge on any atom is -0.308 e. The van der Waals surface area contributed by atoms with E-state index >= 15 is 0 Å². The van der Waals surface area contributed by atoms with E-state index in [1.165, 1.54) is 16.2 Å². The maximum Gasteiger partial charge on any atom is 0.259 e. The van der Waals surface area contributed by atoms with Crippen LogP contribution >= 0.6 is 11.3 Å². The van der Waals surface area contributed by atoms with Crippen molar-refractivity contribution in [3.63, 3.8) is 0 Å². The lowest BCUT2D eigenvalue weighted by Crippen LogP contribution is -2.20. The molecular weight excluding hydrogens is 472 g/mol. The minimum atomic E-state index is -1.26. The molecule has 1 unspecified atom stereocenters. The predicted molar refractivity (Wildman–Crippen MR) is 138 cm³/mol. The minimum absolute atomic E-state index is 0.0766. The molecule has 1 aliphatic rings. The monoisotopic (exact) mass is 494 g/mol. The van der Waals surface area contributed by atoms with Gasteiger partial charge in [0.2, 0.25) is 0 Å². The van der Waals surface area contributed by atoms with Gasteiger partial charge in [0.1, 0.15) is 10.7 Å². The average Bonchev–Trinajstić information content (AvgIpc) is 3.50.